The minimum atomic E-state index is -0.794. The normalized spacial score (nSPS) is 12.6. The number of allylic oxidation sites excluding steroid dienone is 14. The minimum Gasteiger partial charge on any atom is -0.462 e. The van der Waals surface area contributed by atoms with Crippen molar-refractivity contribution in [3.8, 4) is 0 Å². The lowest BCUT2D eigenvalue weighted by Gasteiger charge is -2.18. The van der Waals surface area contributed by atoms with Crippen molar-refractivity contribution in [1.82, 2.24) is 0 Å². The Morgan fingerprint density at radius 3 is 0.795 bits per heavy atom. The van der Waals surface area contributed by atoms with Crippen LogP contribution in [0.4, 0.5) is 0 Å². The number of carbonyl (C=O) groups excluding carboxylic acids is 3. The van der Waals surface area contributed by atoms with E-state index in [0.717, 1.165) is 109 Å². The molecular weight excluding hydrogens is 901 g/mol. The first kappa shape index (κ1) is 69.6. The third kappa shape index (κ3) is 59.3. The zero-order chi connectivity index (χ0) is 52.9. The van der Waals surface area contributed by atoms with Crippen molar-refractivity contribution in [3.63, 3.8) is 0 Å². The van der Waals surface area contributed by atoms with E-state index in [0.29, 0.717) is 19.3 Å². The fraction of sp³-hybridized carbons (Fsp3) is 0.746. The highest BCUT2D eigenvalue weighted by Crippen LogP contribution is 2.15. The van der Waals surface area contributed by atoms with E-state index in [4.69, 9.17) is 14.2 Å². The van der Waals surface area contributed by atoms with Crippen LogP contribution in [0.15, 0.2) is 85.1 Å². The molecule has 0 fully saturated rings. The summed E-state index contributed by atoms with van der Waals surface area (Å²) < 4.78 is 16.9. The van der Waals surface area contributed by atoms with E-state index >= 15 is 0 Å². The van der Waals surface area contributed by atoms with Crippen molar-refractivity contribution in [1.29, 1.82) is 0 Å². The highest BCUT2D eigenvalue weighted by atomic mass is 16.6. The van der Waals surface area contributed by atoms with E-state index in [2.05, 4.69) is 106 Å². The van der Waals surface area contributed by atoms with Gasteiger partial charge in [0.2, 0.25) is 0 Å². The van der Waals surface area contributed by atoms with Gasteiger partial charge in [0.15, 0.2) is 6.10 Å². The number of hydrogen-bond donors (Lipinski definition) is 0. The highest BCUT2D eigenvalue weighted by Gasteiger charge is 2.19. The Kier molecular flexibility index (Phi) is 58.3. The fourth-order valence-corrected chi connectivity index (χ4v) is 8.63. The lowest BCUT2D eigenvalue weighted by Crippen LogP contribution is -2.30. The Hall–Kier alpha value is -3.41. The quantitative estimate of drug-likeness (QED) is 0.0261. The molecule has 0 amide bonds. The first-order valence-electron chi connectivity index (χ1n) is 31.1. The zero-order valence-corrected chi connectivity index (χ0v) is 48.1. The summed E-state index contributed by atoms with van der Waals surface area (Å²) in [4.78, 5) is 38.3. The molecule has 0 aliphatic heterocycles. The second-order valence-electron chi connectivity index (χ2n) is 20.6. The third-order valence-electron chi connectivity index (χ3n) is 13.3. The van der Waals surface area contributed by atoms with Crippen LogP contribution in [-0.2, 0) is 28.6 Å². The second kappa shape index (κ2) is 61.1. The van der Waals surface area contributed by atoms with Gasteiger partial charge in [0, 0.05) is 19.3 Å². The van der Waals surface area contributed by atoms with Crippen molar-refractivity contribution < 1.29 is 28.6 Å². The summed E-state index contributed by atoms with van der Waals surface area (Å²) >= 11 is 0. The van der Waals surface area contributed by atoms with Gasteiger partial charge >= 0.3 is 17.9 Å². The van der Waals surface area contributed by atoms with Gasteiger partial charge in [-0.15, -0.1) is 0 Å². The van der Waals surface area contributed by atoms with Crippen LogP contribution in [0.2, 0.25) is 0 Å². The molecule has 6 heteroatoms. The van der Waals surface area contributed by atoms with Crippen LogP contribution >= 0.6 is 0 Å². The van der Waals surface area contributed by atoms with Crippen molar-refractivity contribution in [2.45, 2.75) is 309 Å². The molecule has 0 aliphatic carbocycles. The van der Waals surface area contributed by atoms with Gasteiger partial charge in [-0.3, -0.25) is 14.4 Å². The number of ether oxygens (including phenoxy) is 3. The molecule has 1 unspecified atom stereocenters. The summed E-state index contributed by atoms with van der Waals surface area (Å²) in [6.07, 6.45) is 80.0. The molecule has 0 rings (SSSR count). The maximum absolute atomic E-state index is 12.9. The van der Waals surface area contributed by atoms with Crippen molar-refractivity contribution in [2.24, 2.45) is 0 Å². The number of carbonyl (C=O) groups is 3. The maximum atomic E-state index is 12.9. The third-order valence-corrected chi connectivity index (χ3v) is 13.3. The average molecular weight is 1020 g/mol. The van der Waals surface area contributed by atoms with Gasteiger partial charge in [-0.25, -0.2) is 0 Å². The molecule has 0 aromatic rings. The van der Waals surface area contributed by atoms with Crippen LogP contribution in [0.25, 0.3) is 0 Å². The number of hydrogen-bond acceptors (Lipinski definition) is 6. The molecule has 0 radical (unpaired) electrons. The van der Waals surface area contributed by atoms with Gasteiger partial charge in [-0.05, 0) is 122 Å². The summed E-state index contributed by atoms with van der Waals surface area (Å²) in [6.45, 7) is 6.59. The van der Waals surface area contributed by atoms with E-state index in [1.807, 2.05) is 0 Å². The topological polar surface area (TPSA) is 78.9 Å². The van der Waals surface area contributed by atoms with E-state index in [1.165, 1.54) is 154 Å². The molecule has 0 heterocycles. The van der Waals surface area contributed by atoms with Gasteiger partial charge in [-0.2, -0.15) is 0 Å². The van der Waals surface area contributed by atoms with Gasteiger partial charge in [-0.1, -0.05) is 247 Å². The summed E-state index contributed by atoms with van der Waals surface area (Å²) in [5.41, 5.74) is 0. The molecule has 0 saturated carbocycles. The molecule has 6 nitrogen and oxygen atoms in total. The average Bonchev–Trinajstić information content (AvgIpc) is 3.39. The molecular formula is C67H116O6. The van der Waals surface area contributed by atoms with E-state index in [9.17, 15) is 14.4 Å². The predicted molar refractivity (Wildman–Crippen MR) is 316 cm³/mol. The summed E-state index contributed by atoms with van der Waals surface area (Å²) in [5.74, 6) is -0.915. The largest absolute Gasteiger partial charge is 0.462 e. The van der Waals surface area contributed by atoms with Gasteiger partial charge in [0.25, 0.3) is 0 Å². The molecule has 0 N–H and O–H groups in total. The summed E-state index contributed by atoms with van der Waals surface area (Å²) in [5, 5.41) is 0. The predicted octanol–water partition coefficient (Wildman–Crippen LogP) is 21.1. The maximum Gasteiger partial charge on any atom is 0.306 e. The van der Waals surface area contributed by atoms with E-state index in [-0.39, 0.29) is 31.1 Å². The Bertz CT molecular complexity index is 1400. The standard InChI is InChI=1S/C67H116O6/c1-4-7-10-13-16-19-22-25-27-29-31-33-35-37-39-42-45-48-51-54-57-60-66(69)72-63-64(62-71-65(68)59-56-53-50-47-44-41-24-21-18-15-12-9-6-3)73-67(70)61-58-55-52-49-46-43-40-38-36-34-32-30-28-26-23-20-17-14-11-8-5-2/h21-26,29-32,35-38,64H,4-20,27-28,33-34,39-63H2,1-3H3/b24-21-,25-22-,26-23-,31-29-,32-30-,37-35-,38-36-. The van der Waals surface area contributed by atoms with Crippen LogP contribution in [0.3, 0.4) is 0 Å². The highest BCUT2D eigenvalue weighted by molar-refractivity contribution is 5.71. The molecule has 0 saturated heterocycles. The number of esters is 3. The number of unbranched alkanes of at least 4 members (excludes halogenated alkanes) is 31. The van der Waals surface area contributed by atoms with Crippen LogP contribution in [0.1, 0.15) is 303 Å². The lowest BCUT2D eigenvalue weighted by molar-refractivity contribution is -0.167. The molecule has 0 aliphatic rings. The van der Waals surface area contributed by atoms with Crippen molar-refractivity contribution in [3.05, 3.63) is 85.1 Å². The Balaban J connectivity index is 4.41. The minimum absolute atomic E-state index is 0.0904. The van der Waals surface area contributed by atoms with Gasteiger partial charge in [0.1, 0.15) is 13.2 Å². The van der Waals surface area contributed by atoms with Crippen LogP contribution < -0.4 is 0 Å². The first-order chi connectivity index (χ1) is 36.0. The molecule has 0 aromatic carbocycles. The van der Waals surface area contributed by atoms with Crippen LogP contribution in [-0.4, -0.2) is 37.2 Å². The fourth-order valence-electron chi connectivity index (χ4n) is 8.63. The van der Waals surface area contributed by atoms with Gasteiger partial charge < -0.3 is 14.2 Å². The van der Waals surface area contributed by atoms with E-state index in [1.54, 1.807) is 0 Å². The molecule has 73 heavy (non-hydrogen) atoms. The Morgan fingerprint density at radius 1 is 0.274 bits per heavy atom. The molecule has 0 spiro atoms. The van der Waals surface area contributed by atoms with Crippen molar-refractivity contribution >= 4 is 17.9 Å². The monoisotopic (exact) mass is 1020 g/mol. The van der Waals surface area contributed by atoms with Crippen molar-refractivity contribution in [2.75, 3.05) is 13.2 Å². The molecule has 420 valence electrons. The Labute approximate surface area is 452 Å². The molecule has 0 aromatic heterocycles. The van der Waals surface area contributed by atoms with Crippen LogP contribution in [0, 0.1) is 0 Å². The lowest BCUT2D eigenvalue weighted by atomic mass is 10.1. The Morgan fingerprint density at radius 2 is 0.493 bits per heavy atom. The molecule has 1 atom stereocenters. The summed E-state index contributed by atoms with van der Waals surface area (Å²) in [6, 6.07) is 0. The van der Waals surface area contributed by atoms with Crippen LogP contribution in [0.5, 0.6) is 0 Å². The SMILES string of the molecule is CCCCCC/C=C\CCCCCCCC(=O)OCC(COC(=O)CCCCCCCC/C=C\C/C=C\C/C=C\CCCCCCC)OC(=O)CCCCCCCC/C=C\C/C=C\C/C=C\CCCCCCC. The first-order valence-corrected chi connectivity index (χ1v) is 31.1. The molecule has 0 bridgehead atoms. The smallest absolute Gasteiger partial charge is 0.306 e. The van der Waals surface area contributed by atoms with E-state index < -0.39 is 6.10 Å². The zero-order valence-electron chi connectivity index (χ0n) is 48.1. The number of rotatable bonds is 56. The second-order valence-corrected chi connectivity index (χ2v) is 20.6. The summed E-state index contributed by atoms with van der Waals surface area (Å²) in [7, 11) is 0. The van der Waals surface area contributed by atoms with Gasteiger partial charge in [0.05, 0.1) is 0 Å².